The molecule has 3 aromatic rings. The predicted octanol–water partition coefficient (Wildman–Crippen LogP) is 3.64. The second-order valence-corrected chi connectivity index (χ2v) is 6.22. The standard InChI is InChI=1S/C22H21FN4O3/c1-29-19-10-18(11-20(12-19)30-2)26-22(25-14-15-5-4-8-24-13-15)27-21(28)16-6-3-7-17(23)9-16/h3-13H,14H2,1-2H3,(H2,25,26,27,28). The van der Waals surface area contributed by atoms with Crippen molar-refractivity contribution in [3.8, 4) is 11.5 Å². The van der Waals surface area contributed by atoms with Gasteiger partial charge in [0.1, 0.15) is 17.3 Å². The van der Waals surface area contributed by atoms with E-state index in [0.717, 1.165) is 11.6 Å². The average molecular weight is 408 g/mol. The Morgan fingerprint density at radius 2 is 1.83 bits per heavy atom. The van der Waals surface area contributed by atoms with E-state index in [-0.39, 0.29) is 18.1 Å². The summed E-state index contributed by atoms with van der Waals surface area (Å²) in [6, 6.07) is 14.3. The highest BCUT2D eigenvalue weighted by Crippen LogP contribution is 2.25. The van der Waals surface area contributed by atoms with E-state index in [2.05, 4.69) is 20.6 Å². The zero-order valence-electron chi connectivity index (χ0n) is 16.6. The molecule has 2 aromatic carbocycles. The second-order valence-electron chi connectivity index (χ2n) is 6.22. The van der Waals surface area contributed by atoms with Gasteiger partial charge in [-0.2, -0.15) is 0 Å². The van der Waals surface area contributed by atoms with Crippen LogP contribution in [0, 0.1) is 5.82 Å². The van der Waals surface area contributed by atoms with Gasteiger partial charge in [-0.05, 0) is 29.8 Å². The fourth-order valence-corrected chi connectivity index (χ4v) is 2.60. The molecule has 0 saturated carbocycles. The lowest BCUT2D eigenvalue weighted by Crippen LogP contribution is -2.36. The van der Waals surface area contributed by atoms with Crippen molar-refractivity contribution in [3.63, 3.8) is 0 Å². The number of methoxy groups -OCH3 is 2. The van der Waals surface area contributed by atoms with Gasteiger partial charge in [0.25, 0.3) is 5.91 Å². The number of nitrogens with zero attached hydrogens (tertiary/aromatic N) is 2. The zero-order valence-corrected chi connectivity index (χ0v) is 16.6. The quantitative estimate of drug-likeness (QED) is 0.481. The number of nitrogens with one attached hydrogen (secondary N) is 2. The van der Waals surface area contributed by atoms with Crippen molar-refractivity contribution in [2.45, 2.75) is 6.54 Å². The number of aliphatic imine (C=N–C) groups is 1. The second kappa shape index (κ2) is 10.0. The Balaban J connectivity index is 1.86. The van der Waals surface area contributed by atoms with Gasteiger partial charge in [0.2, 0.25) is 5.96 Å². The van der Waals surface area contributed by atoms with Gasteiger partial charge in [-0.15, -0.1) is 0 Å². The smallest absolute Gasteiger partial charge is 0.258 e. The Bertz CT molecular complexity index is 1020. The van der Waals surface area contributed by atoms with Crippen LogP contribution in [0.4, 0.5) is 10.1 Å². The monoisotopic (exact) mass is 408 g/mol. The number of anilines is 1. The molecule has 0 radical (unpaired) electrons. The number of guanidine groups is 1. The van der Waals surface area contributed by atoms with Gasteiger partial charge < -0.3 is 14.8 Å². The molecule has 3 rings (SSSR count). The summed E-state index contributed by atoms with van der Waals surface area (Å²) < 4.78 is 24.0. The molecule has 30 heavy (non-hydrogen) atoms. The van der Waals surface area contributed by atoms with E-state index in [0.29, 0.717) is 17.2 Å². The van der Waals surface area contributed by atoms with Crippen molar-refractivity contribution in [1.29, 1.82) is 0 Å². The molecule has 0 aliphatic heterocycles. The van der Waals surface area contributed by atoms with E-state index in [9.17, 15) is 9.18 Å². The summed E-state index contributed by atoms with van der Waals surface area (Å²) in [5.74, 6) is 0.326. The minimum Gasteiger partial charge on any atom is -0.497 e. The molecule has 1 amide bonds. The Morgan fingerprint density at radius 3 is 2.47 bits per heavy atom. The van der Waals surface area contributed by atoms with Crippen molar-refractivity contribution in [3.05, 3.63) is 83.9 Å². The van der Waals surface area contributed by atoms with Crippen LogP contribution in [0.5, 0.6) is 11.5 Å². The highest BCUT2D eigenvalue weighted by Gasteiger charge is 2.11. The average Bonchev–Trinajstić information content (AvgIpc) is 2.77. The number of carbonyl (C=O) groups excluding carboxylic acids is 1. The van der Waals surface area contributed by atoms with Crippen molar-refractivity contribution < 1.29 is 18.7 Å². The summed E-state index contributed by atoms with van der Waals surface area (Å²) in [6.07, 6.45) is 3.35. The molecule has 0 unspecified atom stereocenters. The number of aromatic nitrogens is 1. The van der Waals surface area contributed by atoms with Crippen LogP contribution in [0.25, 0.3) is 0 Å². The summed E-state index contributed by atoms with van der Waals surface area (Å²) in [5.41, 5.74) is 1.63. The summed E-state index contributed by atoms with van der Waals surface area (Å²) in [5, 5.41) is 5.74. The normalized spacial score (nSPS) is 11.0. The van der Waals surface area contributed by atoms with Crippen molar-refractivity contribution >= 4 is 17.6 Å². The predicted molar refractivity (Wildman–Crippen MR) is 112 cm³/mol. The molecule has 154 valence electrons. The van der Waals surface area contributed by atoms with E-state index < -0.39 is 11.7 Å². The van der Waals surface area contributed by atoms with Crippen LogP contribution in [0.2, 0.25) is 0 Å². The lowest BCUT2D eigenvalue weighted by atomic mass is 10.2. The summed E-state index contributed by atoms with van der Waals surface area (Å²) in [7, 11) is 3.09. The van der Waals surface area contributed by atoms with E-state index in [1.807, 2.05) is 6.07 Å². The maximum Gasteiger partial charge on any atom is 0.258 e. The lowest BCUT2D eigenvalue weighted by Gasteiger charge is -2.14. The molecule has 8 heteroatoms. The van der Waals surface area contributed by atoms with Crippen LogP contribution in [0.1, 0.15) is 15.9 Å². The topological polar surface area (TPSA) is 84.8 Å². The van der Waals surface area contributed by atoms with Crippen LogP contribution in [-0.2, 0) is 6.54 Å². The summed E-state index contributed by atoms with van der Waals surface area (Å²) >= 11 is 0. The summed E-state index contributed by atoms with van der Waals surface area (Å²) in [6.45, 7) is 0.278. The number of ether oxygens (including phenoxy) is 2. The van der Waals surface area contributed by atoms with Crippen LogP contribution < -0.4 is 20.1 Å². The Morgan fingerprint density at radius 1 is 1.07 bits per heavy atom. The molecular formula is C22H21FN4O3. The van der Waals surface area contributed by atoms with Crippen LogP contribution in [0.3, 0.4) is 0 Å². The SMILES string of the molecule is COc1cc(NC(=NCc2cccnc2)NC(=O)c2cccc(F)c2)cc(OC)c1. The minimum absolute atomic E-state index is 0.175. The number of carbonyl (C=O) groups is 1. The number of rotatable bonds is 6. The summed E-state index contributed by atoms with van der Waals surface area (Å²) in [4.78, 5) is 21.1. The van der Waals surface area contributed by atoms with Gasteiger partial charge in [0.05, 0.1) is 20.8 Å². The van der Waals surface area contributed by atoms with E-state index >= 15 is 0 Å². The maximum atomic E-state index is 13.5. The molecule has 0 atom stereocenters. The molecular weight excluding hydrogens is 387 g/mol. The number of pyridine rings is 1. The van der Waals surface area contributed by atoms with Crippen molar-refractivity contribution in [2.75, 3.05) is 19.5 Å². The molecule has 0 aliphatic carbocycles. The maximum absolute atomic E-state index is 13.5. The van der Waals surface area contributed by atoms with Crippen LogP contribution in [0.15, 0.2) is 72.0 Å². The highest BCUT2D eigenvalue weighted by atomic mass is 19.1. The Hall–Kier alpha value is -3.94. The van der Waals surface area contributed by atoms with E-state index in [4.69, 9.17) is 9.47 Å². The number of hydrogen-bond donors (Lipinski definition) is 2. The van der Waals surface area contributed by atoms with Crippen molar-refractivity contribution in [1.82, 2.24) is 10.3 Å². The van der Waals surface area contributed by atoms with Gasteiger partial charge in [0.15, 0.2) is 0 Å². The first-order valence-electron chi connectivity index (χ1n) is 9.08. The third-order valence-corrected chi connectivity index (χ3v) is 4.08. The van der Waals surface area contributed by atoms with Crippen molar-refractivity contribution in [2.24, 2.45) is 4.99 Å². The molecule has 1 aromatic heterocycles. The molecule has 0 aliphatic rings. The Kier molecular flexibility index (Phi) is 6.94. The fourth-order valence-electron chi connectivity index (χ4n) is 2.60. The van der Waals surface area contributed by atoms with Gasteiger partial charge >= 0.3 is 0 Å². The van der Waals surface area contributed by atoms with Gasteiger partial charge in [-0.25, -0.2) is 9.38 Å². The largest absolute Gasteiger partial charge is 0.497 e. The molecule has 0 fully saturated rings. The van der Waals surface area contributed by atoms with E-state index in [1.54, 1.807) is 50.9 Å². The molecule has 0 saturated heterocycles. The lowest BCUT2D eigenvalue weighted by molar-refractivity contribution is 0.0976. The fraction of sp³-hybridized carbons (Fsp3) is 0.136. The van der Waals surface area contributed by atoms with Crippen LogP contribution in [-0.4, -0.2) is 31.1 Å². The molecule has 0 spiro atoms. The number of amides is 1. The van der Waals surface area contributed by atoms with Gasteiger partial charge in [-0.1, -0.05) is 12.1 Å². The first kappa shape index (κ1) is 20.8. The van der Waals surface area contributed by atoms with Gasteiger partial charge in [-0.3, -0.25) is 15.1 Å². The molecule has 1 heterocycles. The zero-order chi connectivity index (χ0) is 21.3. The number of benzene rings is 2. The molecule has 0 bridgehead atoms. The minimum atomic E-state index is -0.498. The Labute approximate surface area is 173 Å². The number of hydrogen-bond acceptors (Lipinski definition) is 5. The number of halogens is 1. The third kappa shape index (κ3) is 5.78. The third-order valence-electron chi connectivity index (χ3n) is 4.08. The molecule has 2 N–H and O–H groups in total. The first-order chi connectivity index (χ1) is 14.6. The van der Waals surface area contributed by atoms with E-state index in [1.165, 1.54) is 18.2 Å². The first-order valence-corrected chi connectivity index (χ1v) is 9.08. The highest BCUT2D eigenvalue weighted by molar-refractivity contribution is 6.10. The van der Waals surface area contributed by atoms with Crippen LogP contribution >= 0.6 is 0 Å². The van der Waals surface area contributed by atoms with Gasteiger partial charge in [0, 0.05) is 41.8 Å². The molecule has 7 nitrogen and oxygen atoms in total.